The van der Waals surface area contributed by atoms with Gasteiger partial charge in [-0.25, -0.2) is 0 Å². The first-order chi connectivity index (χ1) is 7.63. The van der Waals surface area contributed by atoms with Gasteiger partial charge in [0.25, 0.3) is 0 Å². The first kappa shape index (κ1) is 16.0. The second-order valence-electron chi connectivity index (χ2n) is 3.73. The number of methoxy groups -OCH3 is 1. The topological polar surface area (TPSA) is 50.9 Å². The maximum absolute atomic E-state index is 5.68. The summed E-state index contributed by atoms with van der Waals surface area (Å²) >= 11 is 0. The van der Waals surface area contributed by atoms with Gasteiger partial charge < -0.3 is 15.4 Å². The van der Waals surface area contributed by atoms with Crippen molar-refractivity contribution < 1.29 is 4.74 Å². The van der Waals surface area contributed by atoms with Crippen LogP contribution in [0.25, 0.3) is 0 Å². The molecule has 5 heteroatoms. The highest BCUT2D eigenvalue weighted by atomic mass is 127. The van der Waals surface area contributed by atoms with Crippen molar-refractivity contribution in [3.8, 4) is 5.75 Å². The van der Waals surface area contributed by atoms with Crippen molar-refractivity contribution in [2.24, 2.45) is 10.7 Å². The fourth-order valence-electron chi connectivity index (χ4n) is 1.23. The molecule has 2 N–H and O–H groups in total. The van der Waals surface area contributed by atoms with E-state index in [2.05, 4.69) is 4.99 Å². The number of rotatable bonds is 4. The van der Waals surface area contributed by atoms with E-state index < -0.39 is 0 Å². The summed E-state index contributed by atoms with van der Waals surface area (Å²) in [5.74, 6) is 1.44. The first-order valence-electron chi connectivity index (χ1n) is 5.23. The molecule has 1 aromatic rings. The molecule has 17 heavy (non-hydrogen) atoms. The van der Waals surface area contributed by atoms with E-state index in [9.17, 15) is 0 Å². The largest absolute Gasteiger partial charge is 0.497 e. The summed E-state index contributed by atoms with van der Waals surface area (Å²) in [5.41, 5.74) is 6.91. The van der Waals surface area contributed by atoms with Crippen LogP contribution in [0.3, 0.4) is 0 Å². The average molecular weight is 349 g/mol. The average Bonchev–Trinajstić information content (AvgIpc) is 2.29. The summed E-state index contributed by atoms with van der Waals surface area (Å²) < 4.78 is 5.09. The van der Waals surface area contributed by atoms with Crippen molar-refractivity contribution in [3.05, 3.63) is 29.8 Å². The van der Waals surface area contributed by atoms with E-state index in [0.29, 0.717) is 12.5 Å². The molecule has 0 fully saturated rings. The molecule has 1 aromatic carbocycles. The van der Waals surface area contributed by atoms with Gasteiger partial charge in [0.1, 0.15) is 5.75 Å². The molecule has 0 heterocycles. The van der Waals surface area contributed by atoms with Crippen LogP contribution in [0.5, 0.6) is 5.75 Å². The number of hydrogen-bond donors (Lipinski definition) is 1. The van der Waals surface area contributed by atoms with Crippen LogP contribution in [-0.4, -0.2) is 38.6 Å². The lowest BCUT2D eigenvalue weighted by Crippen LogP contribution is -2.30. The van der Waals surface area contributed by atoms with Gasteiger partial charge in [-0.1, -0.05) is 12.1 Å². The van der Waals surface area contributed by atoms with E-state index in [1.165, 1.54) is 5.56 Å². The summed E-state index contributed by atoms with van der Waals surface area (Å²) in [7, 11) is 5.43. The smallest absolute Gasteiger partial charge is 0.190 e. The second kappa shape index (κ2) is 8.16. The first-order valence-corrected chi connectivity index (χ1v) is 5.23. The van der Waals surface area contributed by atoms with Crippen molar-refractivity contribution in [1.29, 1.82) is 0 Å². The molecule has 0 aromatic heterocycles. The van der Waals surface area contributed by atoms with Crippen LogP contribution >= 0.6 is 24.0 Å². The van der Waals surface area contributed by atoms with E-state index in [1.807, 2.05) is 38.4 Å². The maximum Gasteiger partial charge on any atom is 0.190 e. The number of benzene rings is 1. The van der Waals surface area contributed by atoms with Gasteiger partial charge in [0.05, 0.1) is 7.11 Å². The molecule has 4 nitrogen and oxygen atoms in total. The van der Waals surface area contributed by atoms with Crippen LogP contribution in [0.2, 0.25) is 0 Å². The SMILES string of the molecule is COc1ccc(CCN=C(N)N(C)C)cc1.I. The Balaban J connectivity index is 0.00000256. The van der Waals surface area contributed by atoms with Crippen LogP contribution in [0.1, 0.15) is 5.56 Å². The quantitative estimate of drug-likeness (QED) is 0.512. The summed E-state index contributed by atoms with van der Waals surface area (Å²) in [4.78, 5) is 6.05. The Hall–Kier alpha value is -0.980. The highest BCUT2D eigenvalue weighted by molar-refractivity contribution is 14.0. The highest BCUT2D eigenvalue weighted by Gasteiger charge is 1.96. The minimum Gasteiger partial charge on any atom is -0.497 e. The highest BCUT2D eigenvalue weighted by Crippen LogP contribution is 2.11. The summed E-state index contributed by atoms with van der Waals surface area (Å²) in [6, 6.07) is 7.99. The molecule has 0 aliphatic heterocycles. The van der Waals surface area contributed by atoms with E-state index >= 15 is 0 Å². The molecule has 0 saturated heterocycles. The number of halogens is 1. The van der Waals surface area contributed by atoms with Crippen LogP contribution < -0.4 is 10.5 Å². The molecule has 0 amide bonds. The molecule has 0 atom stereocenters. The Kier molecular flexibility index (Phi) is 7.69. The number of nitrogens with zero attached hydrogens (tertiary/aromatic N) is 2. The predicted octanol–water partition coefficient (Wildman–Crippen LogP) is 1.73. The third-order valence-electron chi connectivity index (χ3n) is 2.29. The molecule has 0 saturated carbocycles. The number of ether oxygens (including phenoxy) is 1. The number of hydrogen-bond acceptors (Lipinski definition) is 2. The number of guanidine groups is 1. The van der Waals surface area contributed by atoms with Gasteiger partial charge in [-0.2, -0.15) is 0 Å². The van der Waals surface area contributed by atoms with Gasteiger partial charge in [0.2, 0.25) is 0 Å². The maximum atomic E-state index is 5.68. The van der Waals surface area contributed by atoms with Gasteiger partial charge in [0.15, 0.2) is 5.96 Å². The van der Waals surface area contributed by atoms with Crippen molar-refractivity contribution in [3.63, 3.8) is 0 Å². The van der Waals surface area contributed by atoms with Crippen LogP contribution in [0, 0.1) is 0 Å². The third-order valence-corrected chi connectivity index (χ3v) is 2.29. The fourth-order valence-corrected chi connectivity index (χ4v) is 1.23. The number of nitrogens with two attached hydrogens (primary N) is 1. The minimum absolute atomic E-state index is 0. The zero-order valence-electron chi connectivity index (χ0n) is 10.5. The van der Waals surface area contributed by atoms with E-state index in [0.717, 1.165) is 12.2 Å². The Bertz CT molecular complexity index is 349. The molecule has 0 unspecified atom stereocenters. The van der Waals surface area contributed by atoms with Gasteiger partial charge in [-0.15, -0.1) is 24.0 Å². The van der Waals surface area contributed by atoms with Crippen LogP contribution in [0.4, 0.5) is 0 Å². The van der Waals surface area contributed by atoms with Crippen molar-refractivity contribution in [2.75, 3.05) is 27.7 Å². The van der Waals surface area contributed by atoms with Crippen molar-refractivity contribution >= 4 is 29.9 Å². The van der Waals surface area contributed by atoms with Crippen molar-refractivity contribution in [1.82, 2.24) is 4.90 Å². The Morgan fingerprint density at radius 2 is 1.88 bits per heavy atom. The molecule has 96 valence electrons. The lowest BCUT2D eigenvalue weighted by Gasteiger charge is -2.10. The molecule has 0 aliphatic rings. The third kappa shape index (κ3) is 5.76. The van der Waals surface area contributed by atoms with Gasteiger partial charge in [-0.05, 0) is 24.1 Å². The monoisotopic (exact) mass is 349 g/mol. The predicted molar refractivity (Wildman–Crippen MR) is 82.3 cm³/mol. The van der Waals surface area contributed by atoms with Gasteiger partial charge >= 0.3 is 0 Å². The Morgan fingerprint density at radius 1 is 1.29 bits per heavy atom. The standard InChI is InChI=1S/C12H19N3O.HI/c1-15(2)12(13)14-9-8-10-4-6-11(16-3)7-5-10;/h4-7H,8-9H2,1-3H3,(H2,13,14);1H. The van der Waals surface area contributed by atoms with Gasteiger partial charge in [0, 0.05) is 20.6 Å². The lowest BCUT2D eigenvalue weighted by molar-refractivity contribution is 0.414. The second-order valence-corrected chi connectivity index (χ2v) is 3.73. The summed E-state index contributed by atoms with van der Waals surface area (Å²) in [6.45, 7) is 0.705. The van der Waals surface area contributed by atoms with Crippen LogP contribution in [0.15, 0.2) is 29.3 Å². The van der Waals surface area contributed by atoms with E-state index in [1.54, 1.807) is 12.0 Å². The zero-order valence-corrected chi connectivity index (χ0v) is 12.8. The Morgan fingerprint density at radius 3 is 2.35 bits per heavy atom. The molecule has 0 aliphatic carbocycles. The van der Waals surface area contributed by atoms with Gasteiger partial charge in [-0.3, -0.25) is 4.99 Å². The normalized spacial score (nSPS) is 10.6. The Labute approximate surface area is 120 Å². The minimum atomic E-state index is 0. The van der Waals surface area contributed by atoms with E-state index in [4.69, 9.17) is 10.5 Å². The number of aliphatic imine (C=N–C) groups is 1. The van der Waals surface area contributed by atoms with E-state index in [-0.39, 0.29) is 24.0 Å². The molecule has 0 spiro atoms. The molecule has 0 bridgehead atoms. The van der Waals surface area contributed by atoms with Crippen molar-refractivity contribution in [2.45, 2.75) is 6.42 Å². The summed E-state index contributed by atoms with van der Waals surface area (Å²) in [5, 5.41) is 0. The molecular weight excluding hydrogens is 329 g/mol. The molecular formula is C12H20IN3O. The zero-order chi connectivity index (χ0) is 12.0. The fraction of sp³-hybridized carbons (Fsp3) is 0.417. The lowest BCUT2D eigenvalue weighted by atomic mass is 10.1. The summed E-state index contributed by atoms with van der Waals surface area (Å²) in [6.07, 6.45) is 0.887. The van der Waals surface area contributed by atoms with Crippen LogP contribution in [-0.2, 0) is 6.42 Å². The molecule has 0 radical (unpaired) electrons. The molecule has 1 rings (SSSR count).